The molecule has 0 aliphatic heterocycles. The molecule has 1 rings (SSSR count). The topological polar surface area (TPSA) is 172 Å². The second-order valence-corrected chi connectivity index (χ2v) is 3.76. The predicted octanol–water partition coefficient (Wildman–Crippen LogP) is -2.61. The largest absolute Gasteiger partial charge is 0.475 e. The van der Waals surface area contributed by atoms with E-state index in [-0.39, 0.29) is 5.76 Å². The molecule has 0 bridgehead atoms. The average molecular weight is 294 g/mol. The van der Waals surface area contributed by atoms with E-state index in [9.17, 15) is 4.79 Å². The molecule has 0 fully saturated rings. The lowest BCUT2D eigenvalue weighted by molar-refractivity contribution is -0.123. The Balaban J connectivity index is 0.000000388. The van der Waals surface area contributed by atoms with E-state index in [4.69, 9.17) is 35.7 Å². The normalized spacial score (nSPS) is 16.5. The summed E-state index contributed by atoms with van der Waals surface area (Å²) in [5.41, 5.74) is 0. The van der Waals surface area contributed by atoms with Crippen molar-refractivity contribution in [1.82, 2.24) is 0 Å². The molecule has 20 heavy (non-hydrogen) atoms. The van der Waals surface area contributed by atoms with Gasteiger partial charge in [0.1, 0.15) is 24.4 Å². The Labute approximate surface area is 114 Å². The van der Waals surface area contributed by atoms with Gasteiger partial charge in [0.15, 0.2) is 0 Å². The standard InChI is InChI=1S/C6H14O6.C5H4O3/c7-1-3(9)5(11)6(12)4(10)2-8;6-5(7)4-2-1-3-8-4/h3-12H,1-2H2;1-3H,(H,6,7)/t3-,4+,5-,6-;/m1./s1. The van der Waals surface area contributed by atoms with Crippen LogP contribution in [0.2, 0.25) is 0 Å². The molecule has 1 aromatic heterocycles. The maximum absolute atomic E-state index is 9.97. The van der Waals surface area contributed by atoms with E-state index >= 15 is 0 Å². The number of aromatic carboxylic acids is 1. The second-order valence-electron chi connectivity index (χ2n) is 3.76. The third-order valence-electron chi connectivity index (χ3n) is 2.24. The molecule has 0 aromatic carbocycles. The van der Waals surface area contributed by atoms with E-state index in [1.807, 2.05) is 0 Å². The lowest BCUT2D eigenvalue weighted by Crippen LogP contribution is -2.46. The Morgan fingerprint density at radius 1 is 1.05 bits per heavy atom. The highest BCUT2D eigenvalue weighted by atomic mass is 16.4. The van der Waals surface area contributed by atoms with Gasteiger partial charge >= 0.3 is 5.97 Å². The lowest BCUT2D eigenvalue weighted by atomic mass is 10.0. The van der Waals surface area contributed by atoms with Crippen LogP contribution >= 0.6 is 0 Å². The van der Waals surface area contributed by atoms with Gasteiger partial charge in [-0.3, -0.25) is 0 Å². The minimum atomic E-state index is -1.67. The summed E-state index contributed by atoms with van der Waals surface area (Å²) in [6.07, 6.45) is -5.07. The van der Waals surface area contributed by atoms with Gasteiger partial charge < -0.3 is 40.2 Å². The number of carboxylic acids is 1. The molecule has 0 spiro atoms. The van der Waals surface area contributed by atoms with Crippen LogP contribution < -0.4 is 0 Å². The summed E-state index contributed by atoms with van der Waals surface area (Å²) in [5.74, 6) is -1.06. The minimum Gasteiger partial charge on any atom is -0.475 e. The maximum atomic E-state index is 9.97. The fraction of sp³-hybridized carbons (Fsp3) is 0.545. The Kier molecular flexibility index (Phi) is 8.72. The quantitative estimate of drug-likeness (QED) is 0.297. The van der Waals surface area contributed by atoms with Crippen molar-refractivity contribution in [3.05, 3.63) is 24.2 Å². The maximum Gasteiger partial charge on any atom is 0.371 e. The number of aliphatic hydroxyl groups excluding tert-OH is 6. The molecule has 9 nitrogen and oxygen atoms in total. The van der Waals surface area contributed by atoms with E-state index in [1.165, 1.54) is 18.4 Å². The zero-order valence-corrected chi connectivity index (χ0v) is 10.4. The highest BCUT2D eigenvalue weighted by Crippen LogP contribution is 2.04. The number of aliphatic hydroxyl groups is 6. The van der Waals surface area contributed by atoms with Crippen LogP contribution in [0.3, 0.4) is 0 Å². The van der Waals surface area contributed by atoms with Crippen LogP contribution in [0.5, 0.6) is 0 Å². The first-order valence-electron chi connectivity index (χ1n) is 5.55. The molecule has 1 heterocycles. The third kappa shape index (κ3) is 6.10. The Bertz CT molecular complexity index is 350. The van der Waals surface area contributed by atoms with Crippen molar-refractivity contribution in [2.45, 2.75) is 24.4 Å². The molecule has 0 saturated carbocycles. The van der Waals surface area contributed by atoms with E-state index in [0.29, 0.717) is 0 Å². The molecule has 116 valence electrons. The first kappa shape index (κ1) is 18.5. The summed E-state index contributed by atoms with van der Waals surface area (Å²) in [5, 5.41) is 60.4. The van der Waals surface area contributed by atoms with E-state index < -0.39 is 43.6 Å². The van der Waals surface area contributed by atoms with Crippen LogP contribution in [0.4, 0.5) is 0 Å². The average Bonchev–Trinajstić information content (AvgIpc) is 2.99. The van der Waals surface area contributed by atoms with Crippen molar-refractivity contribution in [1.29, 1.82) is 0 Å². The van der Waals surface area contributed by atoms with E-state index in [0.717, 1.165) is 0 Å². The summed E-state index contributed by atoms with van der Waals surface area (Å²) >= 11 is 0. The highest BCUT2D eigenvalue weighted by molar-refractivity contribution is 5.84. The smallest absolute Gasteiger partial charge is 0.371 e. The summed E-state index contributed by atoms with van der Waals surface area (Å²) in [6.45, 7) is -1.45. The van der Waals surface area contributed by atoms with Gasteiger partial charge in [-0.15, -0.1) is 0 Å². The minimum absolute atomic E-state index is 0.0231. The number of carbonyl (C=O) groups is 1. The van der Waals surface area contributed by atoms with Crippen LogP contribution in [0.1, 0.15) is 10.6 Å². The molecule has 7 N–H and O–H groups in total. The second kappa shape index (κ2) is 9.42. The Morgan fingerprint density at radius 3 is 1.70 bits per heavy atom. The predicted molar refractivity (Wildman–Crippen MR) is 63.9 cm³/mol. The zero-order valence-electron chi connectivity index (χ0n) is 10.4. The molecule has 4 atom stereocenters. The molecule has 0 unspecified atom stereocenters. The molecule has 0 aliphatic carbocycles. The zero-order chi connectivity index (χ0) is 15.7. The first-order chi connectivity index (χ1) is 9.34. The van der Waals surface area contributed by atoms with Gasteiger partial charge in [0.25, 0.3) is 0 Å². The number of furan rings is 1. The van der Waals surface area contributed by atoms with Crippen molar-refractivity contribution in [3.8, 4) is 0 Å². The van der Waals surface area contributed by atoms with E-state index in [2.05, 4.69) is 4.42 Å². The van der Waals surface area contributed by atoms with E-state index in [1.54, 1.807) is 0 Å². The molecule has 0 radical (unpaired) electrons. The van der Waals surface area contributed by atoms with Gasteiger partial charge in [0, 0.05) is 0 Å². The number of hydrogen-bond donors (Lipinski definition) is 7. The highest BCUT2D eigenvalue weighted by Gasteiger charge is 2.29. The van der Waals surface area contributed by atoms with Gasteiger partial charge in [-0.05, 0) is 12.1 Å². The third-order valence-corrected chi connectivity index (χ3v) is 2.24. The van der Waals surface area contributed by atoms with Crippen molar-refractivity contribution in [3.63, 3.8) is 0 Å². The Morgan fingerprint density at radius 2 is 1.50 bits per heavy atom. The molecular formula is C11H18O9. The molecular weight excluding hydrogens is 276 g/mol. The van der Waals surface area contributed by atoms with Gasteiger partial charge in [0.05, 0.1) is 19.5 Å². The van der Waals surface area contributed by atoms with Gasteiger partial charge in [0.2, 0.25) is 5.76 Å². The molecule has 9 heteroatoms. The fourth-order valence-corrected chi connectivity index (χ4v) is 1.07. The van der Waals surface area contributed by atoms with Crippen LogP contribution in [-0.4, -0.2) is 79.3 Å². The van der Waals surface area contributed by atoms with Crippen molar-refractivity contribution in [2.75, 3.05) is 13.2 Å². The Hall–Kier alpha value is -1.49. The summed E-state index contributed by atoms with van der Waals surface area (Å²) < 4.78 is 4.50. The summed E-state index contributed by atoms with van der Waals surface area (Å²) in [6, 6.07) is 2.92. The van der Waals surface area contributed by atoms with Crippen LogP contribution in [-0.2, 0) is 0 Å². The molecule has 1 aromatic rings. The van der Waals surface area contributed by atoms with Crippen molar-refractivity contribution in [2.24, 2.45) is 0 Å². The fourth-order valence-electron chi connectivity index (χ4n) is 1.07. The van der Waals surface area contributed by atoms with Crippen LogP contribution in [0.25, 0.3) is 0 Å². The number of hydrogen-bond acceptors (Lipinski definition) is 8. The van der Waals surface area contributed by atoms with Crippen molar-refractivity contribution >= 4 is 5.97 Å². The number of carboxylic acid groups (broad SMARTS) is 1. The van der Waals surface area contributed by atoms with Gasteiger partial charge in [-0.1, -0.05) is 0 Å². The first-order valence-corrected chi connectivity index (χ1v) is 5.55. The number of rotatable bonds is 6. The molecule has 0 amide bonds. The molecule has 0 aliphatic rings. The van der Waals surface area contributed by atoms with Crippen LogP contribution in [0.15, 0.2) is 22.8 Å². The summed E-state index contributed by atoms with van der Waals surface area (Å²) in [4.78, 5) is 9.97. The molecule has 0 saturated heterocycles. The van der Waals surface area contributed by atoms with Gasteiger partial charge in [-0.2, -0.15) is 0 Å². The summed E-state index contributed by atoms with van der Waals surface area (Å²) in [7, 11) is 0. The van der Waals surface area contributed by atoms with Gasteiger partial charge in [-0.25, -0.2) is 4.79 Å². The monoisotopic (exact) mass is 294 g/mol. The SMILES string of the molecule is O=C(O)c1ccco1.OC[C@@H](O)[C@@H](O)[C@H](O)[C@@H](O)CO. The van der Waals surface area contributed by atoms with Crippen LogP contribution in [0, 0.1) is 0 Å². The lowest BCUT2D eigenvalue weighted by Gasteiger charge is -2.24. The van der Waals surface area contributed by atoms with Crippen molar-refractivity contribution < 1.29 is 45.0 Å².